The number of aromatic nitrogens is 2. The predicted octanol–water partition coefficient (Wildman–Crippen LogP) is 2.17. The number of methoxy groups -OCH3 is 1. The Bertz CT molecular complexity index is 590. The molecule has 3 rings (SSSR count). The Hall–Kier alpha value is -1.50. The van der Waals surface area contributed by atoms with Crippen molar-refractivity contribution < 1.29 is 4.74 Å². The highest BCUT2D eigenvalue weighted by atomic mass is 32.1. The van der Waals surface area contributed by atoms with Gasteiger partial charge in [0.25, 0.3) is 0 Å². The smallest absolute Gasteiger partial charge is 0.212 e. The van der Waals surface area contributed by atoms with E-state index in [0.717, 1.165) is 44.3 Å². The van der Waals surface area contributed by atoms with E-state index in [1.807, 2.05) is 12.3 Å². The monoisotopic (exact) mass is 318 g/mol. The first-order valence-electron chi connectivity index (χ1n) is 7.57. The Morgan fingerprint density at radius 1 is 1.14 bits per heavy atom. The van der Waals surface area contributed by atoms with E-state index in [4.69, 9.17) is 4.74 Å². The summed E-state index contributed by atoms with van der Waals surface area (Å²) in [6.07, 6.45) is 1.91. The summed E-state index contributed by atoms with van der Waals surface area (Å²) in [6, 6.07) is 4.02. The highest BCUT2D eigenvalue weighted by Gasteiger charge is 2.17. The minimum absolute atomic E-state index is 0.673. The summed E-state index contributed by atoms with van der Waals surface area (Å²) in [5.74, 6) is 0.673. The quantitative estimate of drug-likeness (QED) is 0.845. The second-order valence-electron chi connectivity index (χ2n) is 5.62. The minimum Gasteiger partial charge on any atom is -0.481 e. The van der Waals surface area contributed by atoms with E-state index < -0.39 is 0 Å². The van der Waals surface area contributed by atoms with Crippen molar-refractivity contribution in [3.63, 3.8) is 0 Å². The molecule has 6 heteroatoms. The number of pyridine rings is 1. The van der Waals surface area contributed by atoms with Crippen LogP contribution in [0.2, 0.25) is 0 Å². The first-order chi connectivity index (χ1) is 10.7. The third-order valence-electron chi connectivity index (χ3n) is 3.93. The molecule has 1 aliphatic heterocycles. The van der Waals surface area contributed by atoms with Crippen LogP contribution in [0.4, 0.5) is 0 Å². The molecule has 0 saturated carbocycles. The van der Waals surface area contributed by atoms with Crippen molar-refractivity contribution in [1.29, 1.82) is 0 Å². The Kier molecular flexibility index (Phi) is 5.02. The van der Waals surface area contributed by atoms with Gasteiger partial charge < -0.3 is 4.74 Å². The minimum atomic E-state index is 0.673. The lowest BCUT2D eigenvalue weighted by molar-refractivity contribution is 0.121. The van der Waals surface area contributed by atoms with Gasteiger partial charge in [-0.25, -0.2) is 9.97 Å². The van der Waals surface area contributed by atoms with Crippen molar-refractivity contribution in [3.05, 3.63) is 40.0 Å². The largest absolute Gasteiger partial charge is 0.481 e. The van der Waals surface area contributed by atoms with E-state index in [-0.39, 0.29) is 0 Å². The van der Waals surface area contributed by atoms with E-state index in [1.165, 1.54) is 11.3 Å². The zero-order valence-electron chi connectivity index (χ0n) is 13.2. The number of rotatable bonds is 5. The van der Waals surface area contributed by atoms with Gasteiger partial charge in [0.1, 0.15) is 0 Å². The number of thiazole rings is 1. The number of piperazine rings is 1. The SMILES string of the molecule is COc1ccc(CN2CCN(Cc3csc(C)n3)CC2)cn1. The molecule has 1 fully saturated rings. The molecule has 0 spiro atoms. The Balaban J connectivity index is 1.46. The fourth-order valence-electron chi connectivity index (χ4n) is 2.70. The van der Waals surface area contributed by atoms with E-state index in [0.29, 0.717) is 5.88 Å². The number of ether oxygens (including phenoxy) is 1. The molecule has 0 aromatic carbocycles. The molecule has 1 aliphatic rings. The van der Waals surface area contributed by atoms with E-state index in [1.54, 1.807) is 18.4 Å². The molecule has 1 saturated heterocycles. The normalized spacial score (nSPS) is 16.8. The molecule has 22 heavy (non-hydrogen) atoms. The molecular formula is C16H22N4OS. The average Bonchev–Trinajstić information content (AvgIpc) is 2.95. The zero-order valence-corrected chi connectivity index (χ0v) is 14.0. The van der Waals surface area contributed by atoms with Gasteiger partial charge in [-0.15, -0.1) is 11.3 Å². The van der Waals surface area contributed by atoms with Gasteiger partial charge >= 0.3 is 0 Å². The molecule has 0 bridgehead atoms. The molecule has 2 aromatic heterocycles. The molecule has 5 nitrogen and oxygen atoms in total. The Morgan fingerprint density at radius 2 is 1.86 bits per heavy atom. The van der Waals surface area contributed by atoms with Gasteiger partial charge in [-0.1, -0.05) is 6.07 Å². The third-order valence-corrected chi connectivity index (χ3v) is 4.75. The lowest BCUT2D eigenvalue weighted by atomic mass is 10.2. The van der Waals surface area contributed by atoms with Crippen LogP contribution in [-0.4, -0.2) is 53.1 Å². The average molecular weight is 318 g/mol. The molecule has 0 aliphatic carbocycles. The highest BCUT2D eigenvalue weighted by Crippen LogP contribution is 2.14. The van der Waals surface area contributed by atoms with Gasteiger partial charge in [-0.3, -0.25) is 9.80 Å². The number of hydrogen-bond acceptors (Lipinski definition) is 6. The first-order valence-corrected chi connectivity index (χ1v) is 8.45. The van der Waals surface area contributed by atoms with Crippen LogP contribution in [0, 0.1) is 6.92 Å². The molecule has 3 heterocycles. The third kappa shape index (κ3) is 4.03. The summed E-state index contributed by atoms with van der Waals surface area (Å²) in [6.45, 7) is 8.38. The molecule has 118 valence electrons. The summed E-state index contributed by atoms with van der Waals surface area (Å²) in [5, 5.41) is 3.32. The van der Waals surface area contributed by atoms with Crippen LogP contribution in [-0.2, 0) is 13.1 Å². The van der Waals surface area contributed by atoms with E-state index >= 15 is 0 Å². The molecule has 2 aromatic rings. The molecular weight excluding hydrogens is 296 g/mol. The summed E-state index contributed by atoms with van der Waals surface area (Å²) in [5.41, 5.74) is 2.44. The standard InChI is InChI=1S/C16H22N4OS/c1-13-18-15(12-22-13)11-20-7-5-19(6-8-20)10-14-3-4-16(21-2)17-9-14/h3-4,9,12H,5-8,10-11H2,1-2H3. The second kappa shape index (κ2) is 7.17. The fraction of sp³-hybridized carbons (Fsp3) is 0.500. The van der Waals surface area contributed by atoms with Crippen LogP contribution in [0.15, 0.2) is 23.7 Å². The lowest BCUT2D eigenvalue weighted by Gasteiger charge is -2.34. The maximum atomic E-state index is 5.10. The Labute approximate surface area is 135 Å². The zero-order chi connectivity index (χ0) is 15.4. The van der Waals surface area contributed by atoms with Gasteiger partial charge in [-0.2, -0.15) is 0 Å². The molecule has 0 unspecified atom stereocenters. The second-order valence-corrected chi connectivity index (χ2v) is 6.68. The van der Waals surface area contributed by atoms with Crippen LogP contribution in [0.5, 0.6) is 5.88 Å². The van der Waals surface area contributed by atoms with Crippen LogP contribution >= 0.6 is 11.3 Å². The fourth-order valence-corrected chi connectivity index (χ4v) is 3.30. The van der Waals surface area contributed by atoms with Crippen molar-refractivity contribution >= 4 is 11.3 Å². The van der Waals surface area contributed by atoms with Crippen molar-refractivity contribution in [1.82, 2.24) is 19.8 Å². The van der Waals surface area contributed by atoms with Crippen LogP contribution in [0.3, 0.4) is 0 Å². The molecule has 0 amide bonds. The molecule has 0 radical (unpaired) electrons. The summed E-state index contributed by atoms with van der Waals surface area (Å²) >= 11 is 1.73. The highest BCUT2D eigenvalue weighted by molar-refractivity contribution is 7.09. The summed E-state index contributed by atoms with van der Waals surface area (Å²) in [4.78, 5) is 13.8. The van der Waals surface area contributed by atoms with Crippen LogP contribution < -0.4 is 4.74 Å². The van der Waals surface area contributed by atoms with Crippen LogP contribution in [0.25, 0.3) is 0 Å². The lowest BCUT2D eigenvalue weighted by Crippen LogP contribution is -2.45. The maximum Gasteiger partial charge on any atom is 0.212 e. The van der Waals surface area contributed by atoms with Gasteiger partial charge in [0.05, 0.1) is 17.8 Å². The molecule has 0 N–H and O–H groups in total. The van der Waals surface area contributed by atoms with E-state index in [9.17, 15) is 0 Å². The number of nitrogens with zero attached hydrogens (tertiary/aromatic N) is 4. The van der Waals surface area contributed by atoms with Gasteiger partial charge in [-0.05, 0) is 12.5 Å². The number of aryl methyl sites for hydroxylation is 1. The van der Waals surface area contributed by atoms with Crippen molar-refractivity contribution in [2.75, 3.05) is 33.3 Å². The topological polar surface area (TPSA) is 41.5 Å². The molecule has 0 atom stereocenters. The summed E-state index contributed by atoms with van der Waals surface area (Å²) < 4.78 is 5.10. The Morgan fingerprint density at radius 3 is 2.41 bits per heavy atom. The predicted molar refractivity (Wildman–Crippen MR) is 88.2 cm³/mol. The summed E-state index contributed by atoms with van der Waals surface area (Å²) in [7, 11) is 1.64. The van der Waals surface area contributed by atoms with Gasteiger partial charge in [0.2, 0.25) is 5.88 Å². The van der Waals surface area contributed by atoms with Gasteiger partial charge in [0.15, 0.2) is 0 Å². The van der Waals surface area contributed by atoms with E-state index in [2.05, 4.69) is 38.1 Å². The van der Waals surface area contributed by atoms with Gasteiger partial charge in [0, 0.05) is 56.9 Å². The van der Waals surface area contributed by atoms with Crippen molar-refractivity contribution in [2.24, 2.45) is 0 Å². The van der Waals surface area contributed by atoms with Crippen molar-refractivity contribution in [2.45, 2.75) is 20.0 Å². The van der Waals surface area contributed by atoms with Crippen molar-refractivity contribution in [3.8, 4) is 5.88 Å². The number of hydrogen-bond donors (Lipinski definition) is 0. The maximum absolute atomic E-state index is 5.10. The first kappa shape index (κ1) is 15.4. The van der Waals surface area contributed by atoms with Crippen LogP contribution in [0.1, 0.15) is 16.3 Å².